The minimum atomic E-state index is -1.11. The average molecular weight is 156 g/mol. The maximum atomic E-state index is 10.8. The second-order valence-electron chi connectivity index (χ2n) is 2.09. The van der Waals surface area contributed by atoms with Gasteiger partial charge in [-0.2, -0.15) is 0 Å². The number of H-pyrrole nitrogens is 2. The summed E-state index contributed by atoms with van der Waals surface area (Å²) in [5, 5.41) is 13.0. The van der Waals surface area contributed by atoms with Crippen LogP contribution in [0.15, 0.2) is 4.79 Å². The van der Waals surface area contributed by atoms with Crippen LogP contribution in [0, 0.1) is 0 Å². The van der Waals surface area contributed by atoms with E-state index in [2.05, 4.69) is 10.2 Å². The third kappa shape index (κ3) is 1.17. The molecule has 0 aliphatic heterocycles. The van der Waals surface area contributed by atoms with Gasteiger partial charge in [-0.3, -0.25) is 15.0 Å². The molecule has 0 amide bonds. The van der Waals surface area contributed by atoms with Crippen LogP contribution in [-0.2, 0) is 6.42 Å². The van der Waals surface area contributed by atoms with E-state index in [1.54, 1.807) is 6.92 Å². The zero-order valence-electron chi connectivity index (χ0n) is 5.97. The molecule has 0 saturated carbocycles. The van der Waals surface area contributed by atoms with Crippen LogP contribution in [-0.4, -0.2) is 21.3 Å². The maximum Gasteiger partial charge on any atom is 0.354 e. The van der Waals surface area contributed by atoms with E-state index in [1.165, 1.54) is 0 Å². The van der Waals surface area contributed by atoms with Crippen LogP contribution in [0.3, 0.4) is 0 Å². The maximum absolute atomic E-state index is 10.8. The van der Waals surface area contributed by atoms with Gasteiger partial charge in [-0.15, -0.1) is 0 Å². The molecule has 0 atom stereocenters. The molecule has 0 spiro atoms. The molecular weight excluding hydrogens is 148 g/mol. The Morgan fingerprint density at radius 3 is 2.55 bits per heavy atom. The van der Waals surface area contributed by atoms with Gasteiger partial charge in [0.2, 0.25) is 0 Å². The van der Waals surface area contributed by atoms with E-state index in [9.17, 15) is 9.59 Å². The second-order valence-corrected chi connectivity index (χ2v) is 2.09. The fraction of sp³-hybridized carbons (Fsp3) is 0.333. The molecule has 0 saturated heterocycles. The van der Waals surface area contributed by atoms with Gasteiger partial charge in [0, 0.05) is 0 Å². The van der Waals surface area contributed by atoms with E-state index in [-0.39, 0.29) is 16.8 Å². The molecule has 0 radical (unpaired) electrons. The molecule has 1 heterocycles. The van der Waals surface area contributed by atoms with Crippen molar-refractivity contribution in [3.63, 3.8) is 0 Å². The monoisotopic (exact) mass is 156 g/mol. The number of hydrogen-bond acceptors (Lipinski definition) is 2. The van der Waals surface area contributed by atoms with Crippen LogP contribution in [0.2, 0.25) is 0 Å². The van der Waals surface area contributed by atoms with Gasteiger partial charge in [0.1, 0.15) is 5.69 Å². The predicted molar refractivity (Wildman–Crippen MR) is 37.8 cm³/mol. The van der Waals surface area contributed by atoms with E-state index in [0.717, 1.165) is 0 Å². The van der Waals surface area contributed by atoms with E-state index in [4.69, 9.17) is 5.11 Å². The summed E-state index contributed by atoms with van der Waals surface area (Å²) in [5.74, 6) is -1.11. The molecule has 0 fully saturated rings. The lowest BCUT2D eigenvalue weighted by molar-refractivity contribution is 0.0689. The number of nitrogens with one attached hydrogen (secondary N) is 2. The first-order valence-electron chi connectivity index (χ1n) is 3.19. The normalized spacial score (nSPS) is 9.91. The van der Waals surface area contributed by atoms with Crippen LogP contribution < -0.4 is 5.56 Å². The fourth-order valence-corrected chi connectivity index (χ4v) is 0.904. The first-order valence-corrected chi connectivity index (χ1v) is 3.19. The molecule has 1 aromatic rings. The van der Waals surface area contributed by atoms with Crippen LogP contribution in [0.25, 0.3) is 0 Å². The van der Waals surface area contributed by atoms with Crippen molar-refractivity contribution < 1.29 is 9.90 Å². The van der Waals surface area contributed by atoms with Gasteiger partial charge in [0.25, 0.3) is 5.56 Å². The number of hydrogen-bond donors (Lipinski definition) is 3. The molecule has 11 heavy (non-hydrogen) atoms. The van der Waals surface area contributed by atoms with Gasteiger partial charge < -0.3 is 5.11 Å². The number of rotatable bonds is 2. The lowest BCUT2D eigenvalue weighted by atomic mass is 10.2. The van der Waals surface area contributed by atoms with E-state index >= 15 is 0 Å². The molecule has 0 aliphatic rings. The van der Waals surface area contributed by atoms with Crippen molar-refractivity contribution in [1.82, 2.24) is 10.2 Å². The number of aromatic nitrogens is 2. The molecule has 3 N–H and O–H groups in total. The molecule has 1 rings (SSSR count). The average Bonchev–Trinajstić information content (AvgIpc) is 2.30. The summed E-state index contributed by atoms with van der Waals surface area (Å²) < 4.78 is 0. The standard InChI is InChI=1S/C6H8N2O3/c1-2-3-4(6(10)11)7-8-5(3)9/h2H2,1H3,(H,10,11)(H2,7,8,9). The third-order valence-corrected chi connectivity index (χ3v) is 1.44. The molecule has 0 unspecified atom stereocenters. The largest absolute Gasteiger partial charge is 0.477 e. The Labute approximate surface area is 62.0 Å². The lowest BCUT2D eigenvalue weighted by Gasteiger charge is -1.89. The molecule has 0 aliphatic carbocycles. The molecule has 0 bridgehead atoms. The Hall–Kier alpha value is -1.52. The predicted octanol–water partition coefficient (Wildman–Crippen LogP) is -0.0364. The summed E-state index contributed by atoms with van der Waals surface area (Å²) in [4.78, 5) is 21.2. The summed E-state index contributed by atoms with van der Waals surface area (Å²) in [6.45, 7) is 1.73. The van der Waals surface area contributed by atoms with Crippen LogP contribution >= 0.6 is 0 Å². The van der Waals surface area contributed by atoms with Gasteiger partial charge in [0.15, 0.2) is 0 Å². The Bertz CT molecular complexity index is 323. The van der Waals surface area contributed by atoms with Gasteiger partial charge >= 0.3 is 5.97 Å². The summed E-state index contributed by atoms with van der Waals surface area (Å²) in [6, 6.07) is 0. The zero-order valence-corrected chi connectivity index (χ0v) is 5.97. The van der Waals surface area contributed by atoms with Crippen LogP contribution in [0.4, 0.5) is 0 Å². The van der Waals surface area contributed by atoms with Crippen molar-refractivity contribution >= 4 is 5.97 Å². The van der Waals surface area contributed by atoms with Crippen molar-refractivity contribution in [1.29, 1.82) is 0 Å². The van der Waals surface area contributed by atoms with Crippen LogP contribution in [0.5, 0.6) is 0 Å². The van der Waals surface area contributed by atoms with Crippen LogP contribution in [0.1, 0.15) is 23.0 Å². The van der Waals surface area contributed by atoms with E-state index in [1.807, 2.05) is 0 Å². The van der Waals surface area contributed by atoms with Crippen molar-refractivity contribution in [2.45, 2.75) is 13.3 Å². The summed E-state index contributed by atoms with van der Waals surface area (Å²) in [6.07, 6.45) is 0.417. The number of carboxylic acids is 1. The molecule has 0 aromatic carbocycles. The Morgan fingerprint density at radius 1 is 1.55 bits per heavy atom. The fourth-order valence-electron chi connectivity index (χ4n) is 0.904. The van der Waals surface area contributed by atoms with Crippen molar-refractivity contribution in [3.05, 3.63) is 21.6 Å². The summed E-state index contributed by atoms with van der Waals surface area (Å²) >= 11 is 0. The number of aromatic carboxylic acids is 1. The lowest BCUT2D eigenvalue weighted by Crippen LogP contribution is -2.07. The minimum Gasteiger partial charge on any atom is -0.477 e. The minimum absolute atomic E-state index is 0.0440. The topological polar surface area (TPSA) is 85.9 Å². The molecular formula is C6H8N2O3. The Kier molecular flexibility index (Phi) is 1.80. The smallest absolute Gasteiger partial charge is 0.354 e. The van der Waals surface area contributed by atoms with Gasteiger partial charge in [-0.05, 0) is 6.42 Å². The SMILES string of the molecule is CCc1c(C(=O)O)[nH][nH]c1=O. The Balaban J connectivity index is 3.27. The van der Waals surface area contributed by atoms with Crippen molar-refractivity contribution in [3.8, 4) is 0 Å². The molecule has 5 nitrogen and oxygen atoms in total. The highest BCUT2D eigenvalue weighted by Crippen LogP contribution is 1.98. The highest BCUT2D eigenvalue weighted by Gasteiger charge is 2.13. The van der Waals surface area contributed by atoms with Crippen molar-refractivity contribution in [2.24, 2.45) is 0 Å². The molecule has 5 heteroatoms. The number of carbonyl (C=O) groups is 1. The quantitative estimate of drug-likeness (QED) is 0.561. The second kappa shape index (κ2) is 2.61. The zero-order chi connectivity index (χ0) is 8.43. The van der Waals surface area contributed by atoms with Gasteiger partial charge in [-0.25, -0.2) is 4.79 Å². The highest BCUT2D eigenvalue weighted by atomic mass is 16.4. The first kappa shape index (κ1) is 7.59. The van der Waals surface area contributed by atoms with Gasteiger partial charge in [-0.1, -0.05) is 6.92 Å². The third-order valence-electron chi connectivity index (χ3n) is 1.44. The van der Waals surface area contributed by atoms with E-state index < -0.39 is 5.97 Å². The van der Waals surface area contributed by atoms with Gasteiger partial charge in [0.05, 0.1) is 5.56 Å². The number of carboxylic acid groups (broad SMARTS) is 1. The highest BCUT2D eigenvalue weighted by molar-refractivity contribution is 5.86. The summed E-state index contributed by atoms with van der Waals surface area (Å²) in [7, 11) is 0. The Morgan fingerprint density at radius 2 is 2.18 bits per heavy atom. The molecule has 60 valence electrons. The summed E-state index contributed by atoms with van der Waals surface area (Å²) in [5.41, 5.74) is -0.111. The van der Waals surface area contributed by atoms with Crippen molar-refractivity contribution in [2.75, 3.05) is 0 Å². The van der Waals surface area contributed by atoms with E-state index in [0.29, 0.717) is 6.42 Å². The first-order chi connectivity index (χ1) is 5.16. The number of aromatic amines is 2. The molecule has 1 aromatic heterocycles.